The molecular weight excluding hydrogens is 472 g/mol. The van der Waals surface area contributed by atoms with Crippen LogP contribution in [0.2, 0.25) is 0 Å². The number of aromatic nitrogens is 1. The van der Waals surface area contributed by atoms with E-state index in [2.05, 4.69) is 10.0 Å². The molecule has 2 heterocycles. The number of sulfonamides is 1. The lowest BCUT2D eigenvalue weighted by molar-refractivity contribution is -0.139. The predicted octanol–water partition coefficient (Wildman–Crippen LogP) is 0.870. The number of nitrogens with one attached hydrogen (secondary N) is 3. The van der Waals surface area contributed by atoms with Gasteiger partial charge in [-0.1, -0.05) is 32.0 Å². The highest BCUT2D eigenvalue weighted by Gasteiger charge is 2.39. The van der Waals surface area contributed by atoms with E-state index in [1.54, 1.807) is 18.2 Å². The maximum absolute atomic E-state index is 13.4. The number of nitrogen functional groups attached to an aromatic ring is 1. The van der Waals surface area contributed by atoms with Gasteiger partial charge in [0.1, 0.15) is 12.1 Å². The third-order valence-corrected chi connectivity index (χ3v) is 7.15. The van der Waals surface area contributed by atoms with E-state index < -0.39 is 39.8 Å². The first kappa shape index (κ1) is 26.1. The zero-order chi connectivity index (χ0) is 25.8. The van der Waals surface area contributed by atoms with Gasteiger partial charge in [-0.2, -0.15) is 4.72 Å². The van der Waals surface area contributed by atoms with Crippen molar-refractivity contribution in [1.29, 1.82) is 5.41 Å². The van der Waals surface area contributed by atoms with E-state index in [4.69, 9.17) is 11.1 Å². The molecule has 2 atom stereocenters. The van der Waals surface area contributed by atoms with Crippen LogP contribution in [0.15, 0.2) is 53.7 Å². The molecule has 1 aromatic heterocycles. The van der Waals surface area contributed by atoms with Crippen LogP contribution in [0.25, 0.3) is 0 Å². The summed E-state index contributed by atoms with van der Waals surface area (Å²) in [6.45, 7) is 4.02. The minimum absolute atomic E-state index is 0.00388. The Morgan fingerprint density at radius 3 is 2.46 bits per heavy atom. The highest BCUT2D eigenvalue weighted by atomic mass is 32.2. The molecule has 5 N–H and O–H groups in total. The smallest absolute Gasteiger partial charge is 0.259 e. The lowest BCUT2D eigenvalue weighted by Crippen LogP contribution is -2.54. The summed E-state index contributed by atoms with van der Waals surface area (Å²) in [6, 6.07) is 7.21. The van der Waals surface area contributed by atoms with Crippen LogP contribution in [0.5, 0.6) is 0 Å². The third kappa shape index (κ3) is 6.34. The van der Waals surface area contributed by atoms with Gasteiger partial charge in [0, 0.05) is 18.9 Å². The van der Waals surface area contributed by atoms with Gasteiger partial charge in [-0.15, -0.1) is 0 Å². The standard InChI is InChI=1S/C23H30N6O5S/c1-15(2)13-18(27-35(33,34)17-7-4-3-5-8-17)22(32)29-11-6-9-19(29)21(31)26-20(30)16-10-12-28(14-16)23(24)25/h3-5,7-8,10,12,14-15,18-19,27H,6,9,11,13H2,1-2H3,(H3,24,25)(H,26,30,31)/t18-,19+/m1/s1. The molecule has 0 radical (unpaired) electrons. The molecule has 1 aliphatic heterocycles. The first-order valence-electron chi connectivity index (χ1n) is 11.2. The van der Waals surface area contributed by atoms with Crippen molar-refractivity contribution in [3.63, 3.8) is 0 Å². The van der Waals surface area contributed by atoms with Crippen LogP contribution in [0.4, 0.5) is 0 Å². The molecule has 1 saturated heterocycles. The van der Waals surface area contributed by atoms with Crippen LogP contribution in [0, 0.1) is 11.3 Å². The molecular formula is C23H30N6O5S. The van der Waals surface area contributed by atoms with Gasteiger partial charge in [-0.05, 0) is 43.4 Å². The average molecular weight is 503 g/mol. The largest absolute Gasteiger partial charge is 0.369 e. The van der Waals surface area contributed by atoms with Crippen molar-refractivity contribution in [3.05, 3.63) is 54.4 Å². The molecule has 1 fully saturated rings. The molecule has 1 aliphatic rings. The lowest BCUT2D eigenvalue weighted by Gasteiger charge is -2.29. The quantitative estimate of drug-likeness (QED) is 0.237. The van der Waals surface area contributed by atoms with Crippen LogP contribution in [-0.2, 0) is 19.6 Å². The molecule has 0 bridgehead atoms. The van der Waals surface area contributed by atoms with E-state index in [9.17, 15) is 22.8 Å². The highest BCUT2D eigenvalue weighted by molar-refractivity contribution is 7.89. The predicted molar refractivity (Wildman–Crippen MR) is 129 cm³/mol. The Balaban J connectivity index is 1.75. The van der Waals surface area contributed by atoms with Crippen molar-refractivity contribution in [1.82, 2.24) is 19.5 Å². The van der Waals surface area contributed by atoms with Gasteiger partial charge in [0.2, 0.25) is 21.8 Å². The summed E-state index contributed by atoms with van der Waals surface area (Å²) in [6.07, 6.45) is 3.87. The second-order valence-corrected chi connectivity index (χ2v) is 10.5. The Morgan fingerprint density at radius 2 is 1.86 bits per heavy atom. The summed E-state index contributed by atoms with van der Waals surface area (Å²) in [5.74, 6) is -2.12. The number of carbonyl (C=O) groups excluding carboxylic acids is 3. The monoisotopic (exact) mass is 502 g/mol. The average Bonchev–Trinajstić information content (AvgIpc) is 3.48. The van der Waals surface area contributed by atoms with Gasteiger partial charge < -0.3 is 10.6 Å². The van der Waals surface area contributed by atoms with Crippen LogP contribution in [-0.4, -0.2) is 60.2 Å². The van der Waals surface area contributed by atoms with Crippen LogP contribution >= 0.6 is 0 Å². The number of rotatable bonds is 8. The molecule has 2 aromatic rings. The number of benzene rings is 1. The molecule has 35 heavy (non-hydrogen) atoms. The minimum atomic E-state index is -3.96. The topological polar surface area (TPSA) is 167 Å². The first-order valence-corrected chi connectivity index (χ1v) is 12.7. The summed E-state index contributed by atoms with van der Waals surface area (Å²) in [7, 11) is -3.96. The zero-order valence-electron chi connectivity index (χ0n) is 19.6. The highest BCUT2D eigenvalue weighted by Crippen LogP contribution is 2.22. The summed E-state index contributed by atoms with van der Waals surface area (Å²) in [5, 5.41) is 9.69. The molecule has 1 aromatic carbocycles. The molecule has 0 spiro atoms. The van der Waals surface area contributed by atoms with E-state index in [1.165, 1.54) is 40.1 Å². The fraction of sp³-hybridized carbons (Fsp3) is 0.391. The van der Waals surface area contributed by atoms with Gasteiger partial charge in [0.15, 0.2) is 5.96 Å². The van der Waals surface area contributed by atoms with Crippen molar-refractivity contribution in [2.45, 2.75) is 50.1 Å². The molecule has 3 rings (SSSR count). The summed E-state index contributed by atoms with van der Waals surface area (Å²) in [5.41, 5.74) is 5.51. The van der Waals surface area contributed by atoms with Gasteiger partial charge in [-0.3, -0.25) is 29.7 Å². The fourth-order valence-corrected chi connectivity index (χ4v) is 5.20. The zero-order valence-corrected chi connectivity index (χ0v) is 20.4. The SMILES string of the molecule is CC(C)C[C@@H](NS(=O)(=O)c1ccccc1)C(=O)N1CCC[C@H]1C(=O)NC(=O)c1ccn(C(=N)N)c1. The fourth-order valence-electron chi connectivity index (χ4n) is 3.98. The molecule has 0 aliphatic carbocycles. The van der Waals surface area contributed by atoms with Crippen molar-refractivity contribution in [2.75, 3.05) is 6.54 Å². The minimum Gasteiger partial charge on any atom is -0.369 e. The maximum Gasteiger partial charge on any atom is 0.259 e. The number of carbonyl (C=O) groups is 3. The molecule has 188 valence electrons. The first-order chi connectivity index (χ1) is 16.5. The van der Waals surface area contributed by atoms with Crippen molar-refractivity contribution in [3.8, 4) is 0 Å². The summed E-state index contributed by atoms with van der Waals surface area (Å²) in [4.78, 5) is 40.2. The second kappa shape index (κ2) is 10.8. The lowest BCUT2D eigenvalue weighted by atomic mass is 10.0. The van der Waals surface area contributed by atoms with E-state index in [-0.39, 0.29) is 35.3 Å². The number of amides is 3. The van der Waals surface area contributed by atoms with E-state index in [0.29, 0.717) is 12.8 Å². The Labute approximate surface area is 204 Å². The van der Waals surface area contributed by atoms with Crippen LogP contribution in [0.3, 0.4) is 0 Å². The van der Waals surface area contributed by atoms with Crippen molar-refractivity contribution < 1.29 is 22.8 Å². The second-order valence-electron chi connectivity index (χ2n) is 8.82. The van der Waals surface area contributed by atoms with Crippen molar-refractivity contribution >= 4 is 33.7 Å². The van der Waals surface area contributed by atoms with E-state index in [0.717, 1.165) is 0 Å². The number of hydrogen-bond acceptors (Lipinski definition) is 6. The number of nitrogens with zero attached hydrogens (tertiary/aromatic N) is 2. The molecule has 0 unspecified atom stereocenters. The Morgan fingerprint density at radius 1 is 1.17 bits per heavy atom. The number of imide groups is 1. The number of likely N-dealkylation sites (tertiary alicyclic amines) is 1. The van der Waals surface area contributed by atoms with Gasteiger partial charge in [-0.25, -0.2) is 8.42 Å². The third-order valence-electron chi connectivity index (χ3n) is 5.66. The van der Waals surface area contributed by atoms with Gasteiger partial charge in [0.05, 0.1) is 10.5 Å². The van der Waals surface area contributed by atoms with E-state index in [1.807, 2.05) is 13.8 Å². The number of hydrogen-bond donors (Lipinski definition) is 4. The summed E-state index contributed by atoms with van der Waals surface area (Å²) < 4.78 is 29.5. The van der Waals surface area contributed by atoms with E-state index >= 15 is 0 Å². The van der Waals surface area contributed by atoms with Crippen LogP contribution in [0.1, 0.15) is 43.5 Å². The molecule has 11 nitrogen and oxygen atoms in total. The van der Waals surface area contributed by atoms with Crippen LogP contribution < -0.4 is 15.8 Å². The Kier molecular flexibility index (Phi) is 8.07. The van der Waals surface area contributed by atoms with Crippen molar-refractivity contribution in [2.24, 2.45) is 11.7 Å². The van der Waals surface area contributed by atoms with Gasteiger partial charge in [0.25, 0.3) is 5.91 Å². The molecule has 0 saturated carbocycles. The Hall–Kier alpha value is -3.51. The number of nitrogens with two attached hydrogens (primary N) is 1. The summed E-state index contributed by atoms with van der Waals surface area (Å²) >= 11 is 0. The molecule has 12 heteroatoms. The maximum atomic E-state index is 13.4. The Bertz CT molecular complexity index is 1210. The molecule has 3 amide bonds. The van der Waals surface area contributed by atoms with Gasteiger partial charge >= 0.3 is 0 Å². The normalized spacial score (nSPS) is 16.8.